The van der Waals surface area contributed by atoms with E-state index in [0.717, 1.165) is 10.1 Å². The minimum atomic E-state index is -0.580. The summed E-state index contributed by atoms with van der Waals surface area (Å²) in [6, 6.07) is 15.7. The van der Waals surface area contributed by atoms with Crippen LogP contribution in [0, 0.1) is 5.92 Å². The average Bonchev–Trinajstić information content (AvgIpc) is 3.24. The molecule has 0 aliphatic carbocycles. The third kappa shape index (κ3) is 5.55. The highest BCUT2D eigenvalue weighted by atomic mass is 35.5. The second-order valence-electron chi connectivity index (χ2n) is 9.22. The van der Waals surface area contributed by atoms with Crippen molar-refractivity contribution in [3.8, 4) is 5.88 Å². The summed E-state index contributed by atoms with van der Waals surface area (Å²) in [4.78, 5) is 34.3. The number of carbonyl (C=O) groups excluding carboxylic acids is 1. The fraction of sp³-hybridized carbons (Fsp3) is 0.333. The molecule has 2 aromatic carbocycles. The van der Waals surface area contributed by atoms with Gasteiger partial charge in [0.1, 0.15) is 10.8 Å². The molecule has 0 saturated carbocycles. The Morgan fingerprint density at radius 3 is 2.39 bits per heavy atom. The molecule has 4 rings (SSSR count). The molecule has 9 nitrogen and oxygen atoms in total. The molecule has 1 amide bonds. The van der Waals surface area contributed by atoms with E-state index < -0.39 is 11.7 Å². The summed E-state index contributed by atoms with van der Waals surface area (Å²) in [6.45, 7) is 4.95. The van der Waals surface area contributed by atoms with Gasteiger partial charge < -0.3 is 15.4 Å². The van der Waals surface area contributed by atoms with E-state index in [1.165, 1.54) is 7.11 Å². The Balaban J connectivity index is 1.95. The molecule has 1 atom stereocenters. The van der Waals surface area contributed by atoms with Gasteiger partial charge in [-0.25, -0.2) is 9.78 Å². The van der Waals surface area contributed by atoms with Gasteiger partial charge in [-0.2, -0.15) is 4.52 Å². The number of fused-ring (bicyclic) bond motifs is 1. The van der Waals surface area contributed by atoms with Crippen molar-refractivity contribution >= 4 is 34.8 Å². The summed E-state index contributed by atoms with van der Waals surface area (Å²) in [6.07, 6.45) is 0.564. The van der Waals surface area contributed by atoms with Gasteiger partial charge in [0, 0.05) is 17.1 Å². The van der Waals surface area contributed by atoms with Gasteiger partial charge in [0.15, 0.2) is 5.65 Å². The van der Waals surface area contributed by atoms with E-state index in [4.69, 9.17) is 38.7 Å². The van der Waals surface area contributed by atoms with Crippen molar-refractivity contribution in [2.75, 3.05) is 20.2 Å². The van der Waals surface area contributed by atoms with Gasteiger partial charge in [-0.05, 0) is 48.7 Å². The van der Waals surface area contributed by atoms with E-state index >= 15 is 0 Å². The summed E-state index contributed by atoms with van der Waals surface area (Å²) >= 11 is 12.6. The normalized spacial score (nSPS) is 12.2. The van der Waals surface area contributed by atoms with Crippen molar-refractivity contribution in [2.45, 2.75) is 32.9 Å². The number of rotatable bonds is 10. The van der Waals surface area contributed by atoms with Crippen molar-refractivity contribution < 1.29 is 9.53 Å². The van der Waals surface area contributed by atoms with Gasteiger partial charge in [-0.3, -0.25) is 9.36 Å². The van der Waals surface area contributed by atoms with E-state index in [2.05, 4.69) is 5.10 Å². The molecule has 0 aliphatic rings. The molecule has 11 heteroatoms. The second-order valence-corrected chi connectivity index (χ2v) is 10.0. The summed E-state index contributed by atoms with van der Waals surface area (Å²) in [7, 11) is 1.42. The third-order valence-corrected chi connectivity index (χ3v) is 6.83. The summed E-state index contributed by atoms with van der Waals surface area (Å²) < 4.78 is 7.93. The number of nitrogens with zero attached hydrogens (tertiary/aromatic N) is 5. The molecule has 0 spiro atoms. The molecule has 0 unspecified atom stereocenters. The molecule has 200 valence electrons. The molecule has 0 aliphatic heterocycles. The quantitative estimate of drug-likeness (QED) is 0.309. The third-order valence-electron chi connectivity index (χ3n) is 6.25. The van der Waals surface area contributed by atoms with Crippen LogP contribution in [0.2, 0.25) is 10.0 Å². The Hall–Kier alpha value is -3.40. The number of ether oxygens (including phenoxy) is 1. The van der Waals surface area contributed by atoms with Crippen LogP contribution in [0.4, 0.5) is 0 Å². The van der Waals surface area contributed by atoms with Crippen LogP contribution in [-0.2, 0) is 6.54 Å². The van der Waals surface area contributed by atoms with Crippen LogP contribution in [0.3, 0.4) is 0 Å². The predicted octanol–water partition coefficient (Wildman–Crippen LogP) is 4.44. The summed E-state index contributed by atoms with van der Waals surface area (Å²) in [5.74, 6) is 0.151. The lowest BCUT2D eigenvalue weighted by molar-refractivity contribution is 0.0601. The van der Waals surface area contributed by atoms with Crippen molar-refractivity contribution in [1.29, 1.82) is 0 Å². The largest absolute Gasteiger partial charge is 0.479 e. The Kier molecular flexibility index (Phi) is 8.71. The smallest absolute Gasteiger partial charge is 0.352 e. The molecule has 0 saturated heterocycles. The second kappa shape index (κ2) is 12.0. The summed E-state index contributed by atoms with van der Waals surface area (Å²) in [5.41, 5.74) is 6.93. The molecule has 4 aromatic rings. The number of hydrogen-bond acceptors (Lipinski definition) is 6. The van der Waals surface area contributed by atoms with E-state index in [1.807, 2.05) is 44.2 Å². The van der Waals surface area contributed by atoms with Crippen LogP contribution in [0.5, 0.6) is 5.88 Å². The highest BCUT2D eigenvalue weighted by molar-refractivity contribution is 6.34. The number of amides is 1. The first kappa shape index (κ1) is 27.6. The van der Waals surface area contributed by atoms with Crippen LogP contribution in [-0.4, -0.2) is 50.2 Å². The van der Waals surface area contributed by atoms with E-state index in [1.54, 1.807) is 33.7 Å². The monoisotopic (exact) mass is 556 g/mol. The van der Waals surface area contributed by atoms with Gasteiger partial charge >= 0.3 is 5.69 Å². The van der Waals surface area contributed by atoms with E-state index in [9.17, 15) is 9.59 Å². The molecule has 2 aromatic heterocycles. The van der Waals surface area contributed by atoms with Crippen LogP contribution >= 0.6 is 23.2 Å². The Labute approximate surface area is 230 Å². The van der Waals surface area contributed by atoms with E-state index in [-0.39, 0.29) is 34.9 Å². The fourth-order valence-electron chi connectivity index (χ4n) is 4.44. The number of halogens is 2. The van der Waals surface area contributed by atoms with Crippen molar-refractivity contribution in [3.05, 3.63) is 92.1 Å². The lowest BCUT2D eigenvalue weighted by atomic mass is 9.99. The first-order valence-corrected chi connectivity index (χ1v) is 13.1. The molecule has 2 N–H and O–H groups in total. The highest BCUT2D eigenvalue weighted by Crippen LogP contribution is 2.32. The minimum absolute atomic E-state index is 0.0954. The van der Waals surface area contributed by atoms with Gasteiger partial charge in [0.25, 0.3) is 11.8 Å². The number of hydrogen-bond donors (Lipinski definition) is 1. The van der Waals surface area contributed by atoms with Crippen molar-refractivity contribution in [2.24, 2.45) is 11.7 Å². The Morgan fingerprint density at radius 2 is 1.79 bits per heavy atom. The number of aromatic nitrogens is 4. The van der Waals surface area contributed by atoms with Crippen LogP contribution in [0.1, 0.15) is 48.1 Å². The average molecular weight is 557 g/mol. The maximum atomic E-state index is 13.9. The molecule has 2 heterocycles. The van der Waals surface area contributed by atoms with Crippen LogP contribution < -0.4 is 16.2 Å². The Bertz CT molecular complexity index is 1470. The van der Waals surface area contributed by atoms with Gasteiger partial charge in [-0.15, -0.1) is 5.10 Å². The fourth-order valence-corrected chi connectivity index (χ4v) is 4.80. The maximum absolute atomic E-state index is 13.9. The molecular weight excluding hydrogens is 527 g/mol. The predicted molar refractivity (Wildman–Crippen MR) is 148 cm³/mol. The molecule has 0 radical (unpaired) electrons. The minimum Gasteiger partial charge on any atom is -0.479 e. The zero-order valence-corrected chi connectivity index (χ0v) is 23.0. The highest BCUT2D eigenvalue weighted by Gasteiger charge is 2.33. The lowest BCUT2D eigenvalue weighted by Crippen LogP contribution is -2.43. The number of carbonyl (C=O) groups is 1. The molecule has 0 bridgehead atoms. The van der Waals surface area contributed by atoms with Gasteiger partial charge in [-0.1, -0.05) is 67.4 Å². The molecule has 38 heavy (non-hydrogen) atoms. The zero-order valence-electron chi connectivity index (χ0n) is 21.5. The van der Waals surface area contributed by atoms with Gasteiger partial charge in [0.05, 0.1) is 19.7 Å². The number of nitrogens with two attached hydrogens (primary N) is 1. The van der Waals surface area contributed by atoms with Gasteiger partial charge in [0.2, 0.25) is 0 Å². The van der Waals surface area contributed by atoms with Crippen LogP contribution in [0.25, 0.3) is 5.65 Å². The molecular formula is C27H30Cl2N6O3. The maximum Gasteiger partial charge on any atom is 0.352 e. The summed E-state index contributed by atoms with van der Waals surface area (Å²) in [5, 5.41) is 4.87. The van der Waals surface area contributed by atoms with Crippen molar-refractivity contribution in [3.63, 3.8) is 0 Å². The first-order valence-electron chi connectivity index (χ1n) is 12.3. The first-order chi connectivity index (χ1) is 18.3. The van der Waals surface area contributed by atoms with E-state index in [0.29, 0.717) is 35.9 Å². The number of methoxy groups -OCH3 is 1. The number of benzene rings is 2. The SMILES string of the molecule is COc1nn2c(=O)n(Cc3ccccc3)c([C@H](C(C)C)N(CCCN)C(=O)c3ccc(Cl)cc3)nc2c1Cl. The standard InChI is InChI=1S/C27H30Cl2N6O3/c1-17(2)22(33(15-7-14-30)26(36)19-10-12-20(28)13-11-19)24-31-23-21(29)25(38-3)32-35(23)27(37)34(24)16-18-8-5-4-6-9-18/h4-6,8-13,17,22H,7,14-16,30H2,1-3H3/t22-/m0/s1. The zero-order chi connectivity index (χ0) is 27.4. The van der Waals surface area contributed by atoms with Crippen LogP contribution in [0.15, 0.2) is 59.4 Å². The van der Waals surface area contributed by atoms with Crippen molar-refractivity contribution in [1.82, 2.24) is 24.1 Å². The topological polar surface area (TPSA) is 108 Å². The lowest BCUT2D eigenvalue weighted by Gasteiger charge is -2.35. The Morgan fingerprint density at radius 1 is 1.11 bits per heavy atom. The molecule has 0 fully saturated rings.